The molecule has 1 unspecified atom stereocenters. The van der Waals surface area contributed by atoms with Crippen molar-refractivity contribution in [3.8, 4) is 5.75 Å². The lowest BCUT2D eigenvalue weighted by atomic mass is 9.92. The molecule has 0 bridgehead atoms. The van der Waals surface area contributed by atoms with E-state index in [9.17, 15) is 4.79 Å². The van der Waals surface area contributed by atoms with E-state index in [4.69, 9.17) is 16.3 Å². The first-order valence-electron chi connectivity index (χ1n) is 9.00. The predicted octanol–water partition coefficient (Wildman–Crippen LogP) is 3.86. The summed E-state index contributed by atoms with van der Waals surface area (Å²) in [5.41, 5.74) is 2.99. The molecule has 1 atom stereocenters. The molecular formula is C21H25ClN2O2. The smallest absolute Gasteiger partial charge is 0.223 e. The van der Waals surface area contributed by atoms with Gasteiger partial charge in [0.25, 0.3) is 0 Å². The SMILES string of the molecule is COc1ccc(C(NC(=O)C2CCNCC2)c2ccccc2Cl)c(C)c1. The maximum absolute atomic E-state index is 12.9. The Kier molecular flexibility index (Phi) is 6.17. The van der Waals surface area contributed by atoms with Crippen molar-refractivity contribution in [3.05, 3.63) is 64.2 Å². The Bertz CT molecular complexity index is 772. The van der Waals surface area contributed by atoms with Crippen LogP contribution in [0.25, 0.3) is 0 Å². The second-order valence-electron chi connectivity index (χ2n) is 6.71. The van der Waals surface area contributed by atoms with Crippen molar-refractivity contribution >= 4 is 17.5 Å². The first-order chi connectivity index (χ1) is 12.6. The van der Waals surface area contributed by atoms with Gasteiger partial charge in [0.2, 0.25) is 5.91 Å². The van der Waals surface area contributed by atoms with Crippen molar-refractivity contribution in [1.82, 2.24) is 10.6 Å². The molecule has 4 nitrogen and oxygen atoms in total. The topological polar surface area (TPSA) is 50.4 Å². The van der Waals surface area contributed by atoms with Crippen LogP contribution in [-0.2, 0) is 4.79 Å². The summed E-state index contributed by atoms with van der Waals surface area (Å²) in [4.78, 5) is 12.9. The molecule has 138 valence electrons. The summed E-state index contributed by atoms with van der Waals surface area (Å²) < 4.78 is 5.32. The van der Waals surface area contributed by atoms with Crippen molar-refractivity contribution in [2.75, 3.05) is 20.2 Å². The van der Waals surface area contributed by atoms with E-state index in [1.807, 2.05) is 49.4 Å². The molecule has 2 aromatic carbocycles. The second kappa shape index (κ2) is 8.56. The number of carbonyl (C=O) groups is 1. The van der Waals surface area contributed by atoms with E-state index in [-0.39, 0.29) is 17.9 Å². The van der Waals surface area contributed by atoms with Crippen LogP contribution in [0.15, 0.2) is 42.5 Å². The lowest BCUT2D eigenvalue weighted by Crippen LogP contribution is -2.40. The highest BCUT2D eigenvalue weighted by Gasteiger charge is 2.26. The number of benzene rings is 2. The monoisotopic (exact) mass is 372 g/mol. The lowest BCUT2D eigenvalue weighted by Gasteiger charge is -2.27. The Balaban J connectivity index is 1.94. The zero-order chi connectivity index (χ0) is 18.5. The van der Waals surface area contributed by atoms with E-state index < -0.39 is 0 Å². The molecule has 26 heavy (non-hydrogen) atoms. The molecule has 1 heterocycles. The molecular weight excluding hydrogens is 348 g/mol. The number of rotatable bonds is 5. The Hall–Kier alpha value is -2.04. The van der Waals surface area contributed by atoms with Crippen LogP contribution >= 0.6 is 11.6 Å². The molecule has 1 saturated heterocycles. The zero-order valence-electron chi connectivity index (χ0n) is 15.2. The third-order valence-electron chi connectivity index (χ3n) is 5.00. The summed E-state index contributed by atoms with van der Waals surface area (Å²) >= 11 is 6.46. The Labute approximate surface area is 159 Å². The van der Waals surface area contributed by atoms with Gasteiger partial charge in [-0.3, -0.25) is 4.79 Å². The molecule has 0 spiro atoms. The highest BCUT2D eigenvalue weighted by molar-refractivity contribution is 6.31. The van der Waals surface area contributed by atoms with Crippen LogP contribution in [0, 0.1) is 12.8 Å². The minimum absolute atomic E-state index is 0.0415. The fourth-order valence-electron chi connectivity index (χ4n) is 3.48. The van der Waals surface area contributed by atoms with Gasteiger partial charge in [-0.05, 0) is 67.7 Å². The number of ether oxygens (including phenoxy) is 1. The molecule has 1 amide bonds. The number of nitrogens with one attached hydrogen (secondary N) is 2. The van der Waals surface area contributed by atoms with Gasteiger partial charge in [-0.2, -0.15) is 0 Å². The van der Waals surface area contributed by atoms with Crippen LogP contribution < -0.4 is 15.4 Å². The molecule has 0 aliphatic carbocycles. The summed E-state index contributed by atoms with van der Waals surface area (Å²) in [6, 6.07) is 13.3. The lowest BCUT2D eigenvalue weighted by molar-refractivity contribution is -0.126. The standard InChI is InChI=1S/C21H25ClN2O2/c1-14-13-16(26-2)7-8-17(14)20(18-5-3-4-6-19(18)22)24-21(25)15-9-11-23-12-10-15/h3-8,13,15,20,23H,9-12H2,1-2H3,(H,24,25). The van der Waals surface area contributed by atoms with Gasteiger partial charge in [0, 0.05) is 10.9 Å². The maximum atomic E-state index is 12.9. The Morgan fingerprint density at radius 1 is 1.19 bits per heavy atom. The number of carbonyl (C=O) groups excluding carboxylic acids is 1. The highest BCUT2D eigenvalue weighted by atomic mass is 35.5. The summed E-state index contributed by atoms with van der Waals surface area (Å²) in [6.07, 6.45) is 1.73. The van der Waals surface area contributed by atoms with Gasteiger partial charge in [-0.15, -0.1) is 0 Å². The quantitative estimate of drug-likeness (QED) is 0.837. The van der Waals surface area contributed by atoms with Crippen molar-refractivity contribution in [3.63, 3.8) is 0 Å². The molecule has 0 aromatic heterocycles. The third-order valence-corrected chi connectivity index (χ3v) is 5.34. The Morgan fingerprint density at radius 2 is 1.92 bits per heavy atom. The van der Waals surface area contributed by atoms with Crippen LogP contribution in [-0.4, -0.2) is 26.1 Å². The fraction of sp³-hybridized carbons (Fsp3) is 0.381. The largest absolute Gasteiger partial charge is 0.497 e. The summed E-state index contributed by atoms with van der Waals surface area (Å²) in [5, 5.41) is 7.20. The van der Waals surface area contributed by atoms with Crippen LogP contribution in [0.2, 0.25) is 5.02 Å². The predicted molar refractivity (Wildman–Crippen MR) is 105 cm³/mol. The normalized spacial score (nSPS) is 16.1. The van der Waals surface area contributed by atoms with Crippen molar-refractivity contribution in [2.45, 2.75) is 25.8 Å². The minimum Gasteiger partial charge on any atom is -0.497 e. The van der Waals surface area contributed by atoms with Gasteiger partial charge < -0.3 is 15.4 Å². The van der Waals surface area contributed by atoms with E-state index in [0.717, 1.165) is 48.4 Å². The molecule has 2 N–H and O–H groups in total. The number of halogens is 1. The van der Waals surface area contributed by atoms with E-state index in [2.05, 4.69) is 10.6 Å². The van der Waals surface area contributed by atoms with Crippen molar-refractivity contribution in [2.24, 2.45) is 5.92 Å². The van der Waals surface area contributed by atoms with Gasteiger partial charge in [0.05, 0.1) is 13.2 Å². The van der Waals surface area contributed by atoms with Gasteiger partial charge in [-0.1, -0.05) is 35.9 Å². The second-order valence-corrected chi connectivity index (χ2v) is 7.12. The van der Waals surface area contributed by atoms with E-state index in [0.29, 0.717) is 5.02 Å². The molecule has 0 radical (unpaired) electrons. The average molecular weight is 373 g/mol. The number of amides is 1. The minimum atomic E-state index is -0.281. The summed E-state index contributed by atoms with van der Waals surface area (Å²) in [7, 11) is 1.65. The number of hydrogen-bond acceptors (Lipinski definition) is 3. The van der Waals surface area contributed by atoms with Gasteiger partial charge in [-0.25, -0.2) is 0 Å². The van der Waals surface area contributed by atoms with Gasteiger partial charge in [0.15, 0.2) is 0 Å². The molecule has 5 heteroatoms. The average Bonchev–Trinajstić information content (AvgIpc) is 2.67. The first-order valence-corrected chi connectivity index (χ1v) is 9.38. The molecule has 3 rings (SSSR count). The highest BCUT2D eigenvalue weighted by Crippen LogP contribution is 2.32. The molecule has 2 aromatic rings. The maximum Gasteiger partial charge on any atom is 0.223 e. The number of piperidine rings is 1. The molecule has 1 fully saturated rings. The molecule has 1 aliphatic rings. The van der Waals surface area contributed by atoms with E-state index in [1.165, 1.54) is 0 Å². The number of methoxy groups -OCH3 is 1. The van der Waals surface area contributed by atoms with Crippen LogP contribution in [0.1, 0.15) is 35.6 Å². The first kappa shape index (κ1) is 18.7. The van der Waals surface area contributed by atoms with Crippen LogP contribution in [0.5, 0.6) is 5.75 Å². The van der Waals surface area contributed by atoms with Gasteiger partial charge >= 0.3 is 0 Å². The van der Waals surface area contributed by atoms with Crippen molar-refractivity contribution in [1.29, 1.82) is 0 Å². The van der Waals surface area contributed by atoms with E-state index >= 15 is 0 Å². The zero-order valence-corrected chi connectivity index (χ0v) is 16.0. The fourth-order valence-corrected chi connectivity index (χ4v) is 3.72. The molecule has 0 saturated carbocycles. The van der Waals surface area contributed by atoms with Gasteiger partial charge in [0.1, 0.15) is 5.75 Å². The van der Waals surface area contributed by atoms with Crippen molar-refractivity contribution < 1.29 is 9.53 Å². The number of aryl methyl sites for hydroxylation is 1. The summed E-state index contributed by atoms with van der Waals surface area (Å²) in [5.74, 6) is 0.931. The summed E-state index contributed by atoms with van der Waals surface area (Å²) in [6.45, 7) is 3.80. The Morgan fingerprint density at radius 3 is 2.58 bits per heavy atom. The van der Waals surface area contributed by atoms with E-state index in [1.54, 1.807) is 7.11 Å². The van der Waals surface area contributed by atoms with Crippen LogP contribution in [0.3, 0.4) is 0 Å². The third kappa shape index (κ3) is 4.19. The molecule has 1 aliphatic heterocycles. The number of hydrogen-bond donors (Lipinski definition) is 2. The van der Waals surface area contributed by atoms with Crippen LogP contribution in [0.4, 0.5) is 0 Å².